The Bertz CT molecular complexity index is 452. The van der Waals surface area contributed by atoms with Crippen molar-refractivity contribution in [1.29, 1.82) is 0 Å². The summed E-state index contributed by atoms with van der Waals surface area (Å²) in [6.07, 6.45) is 6.28. The van der Waals surface area contributed by atoms with Gasteiger partial charge in [0.1, 0.15) is 6.61 Å². The van der Waals surface area contributed by atoms with Gasteiger partial charge in [-0.05, 0) is 43.0 Å². The minimum atomic E-state index is -2.02. The molecule has 0 aliphatic carbocycles. The number of amides is 1. The molecule has 1 heterocycles. The molecule has 1 rings (SSSR count). The van der Waals surface area contributed by atoms with Crippen LogP contribution in [0.25, 0.3) is 0 Å². The van der Waals surface area contributed by atoms with E-state index in [9.17, 15) is 4.79 Å². The van der Waals surface area contributed by atoms with Gasteiger partial charge < -0.3 is 9.16 Å². The largest absolute Gasteiger partial charge is 0.532 e. The zero-order chi connectivity index (χ0) is 18.5. The monoisotopic (exact) mass is 355 g/mol. The van der Waals surface area contributed by atoms with Crippen LogP contribution in [0.3, 0.4) is 0 Å². The average molecular weight is 356 g/mol. The Morgan fingerprint density at radius 1 is 1.38 bits per heavy atom. The number of nitrogens with zero attached hydrogens (tertiary/aromatic N) is 1. The maximum Gasteiger partial charge on any atom is 0.417 e. The smallest absolute Gasteiger partial charge is 0.417 e. The lowest BCUT2D eigenvalue weighted by Crippen LogP contribution is -2.45. The maximum atomic E-state index is 12.4. The van der Waals surface area contributed by atoms with Gasteiger partial charge in [0, 0.05) is 0 Å². The van der Waals surface area contributed by atoms with Crippen LogP contribution in [0.2, 0.25) is 18.1 Å². The van der Waals surface area contributed by atoms with Crippen LogP contribution in [0.4, 0.5) is 4.79 Å². The van der Waals surface area contributed by atoms with E-state index in [2.05, 4.69) is 60.7 Å². The fourth-order valence-electron chi connectivity index (χ4n) is 2.40. The lowest BCUT2D eigenvalue weighted by atomic mass is 10.0. The van der Waals surface area contributed by atoms with Crippen LogP contribution in [0.5, 0.6) is 0 Å². The first-order valence-corrected chi connectivity index (χ1v) is 12.3. The molecular formula is C19H37NO3Si. The van der Waals surface area contributed by atoms with Crippen molar-refractivity contribution < 1.29 is 14.0 Å². The summed E-state index contributed by atoms with van der Waals surface area (Å²) in [6.45, 7) is 18.0. The van der Waals surface area contributed by atoms with Crippen molar-refractivity contribution in [3.63, 3.8) is 0 Å². The number of carbonyl (C=O) groups is 1. The van der Waals surface area contributed by atoms with Gasteiger partial charge in [0.15, 0.2) is 5.88 Å². The Morgan fingerprint density at radius 3 is 2.50 bits per heavy atom. The first kappa shape index (κ1) is 21.1. The lowest BCUT2D eigenvalue weighted by Gasteiger charge is -2.39. The van der Waals surface area contributed by atoms with Crippen molar-refractivity contribution in [2.24, 2.45) is 5.92 Å². The van der Waals surface area contributed by atoms with Crippen LogP contribution < -0.4 is 0 Å². The summed E-state index contributed by atoms with van der Waals surface area (Å²) in [5.41, 5.74) is 0. The zero-order valence-electron chi connectivity index (χ0n) is 16.9. The third-order valence-electron chi connectivity index (χ3n) is 5.21. The van der Waals surface area contributed by atoms with Crippen LogP contribution in [-0.2, 0) is 9.16 Å². The van der Waals surface area contributed by atoms with Gasteiger partial charge in [-0.25, -0.2) is 9.69 Å². The van der Waals surface area contributed by atoms with E-state index in [1.807, 2.05) is 0 Å². The van der Waals surface area contributed by atoms with Gasteiger partial charge in [0.25, 0.3) is 8.32 Å². The first-order chi connectivity index (χ1) is 11.0. The highest BCUT2D eigenvalue weighted by molar-refractivity contribution is 6.74. The van der Waals surface area contributed by atoms with E-state index in [1.54, 1.807) is 4.90 Å². The molecule has 1 atom stereocenters. The molecule has 1 fully saturated rings. The molecule has 1 amide bonds. The van der Waals surface area contributed by atoms with Crippen molar-refractivity contribution >= 4 is 14.4 Å². The highest BCUT2D eigenvalue weighted by atomic mass is 28.4. The number of cyclic esters (lactones) is 1. The molecule has 1 unspecified atom stereocenters. The van der Waals surface area contributed by atoms with Crippen molar-refractivity contribution in [2.75, 3.05) is 6.61 Å². The molecule has 0 aromatic heterocycles. The molecule has 0 radical (unpaired) electrons. The molecule has 0 spiro atoms. The van der Waals surface area contributed by atoms with E-state index in [4.69, 9.17) is 9.16 Å². The number of unbranched alkanes of at least 4 members (excludes halogenated alkanes) is 3. The molecule has 0 saturated carbocycles. The molecule has 24 heavy (non-hydrogen) atoms. The maximum absolute atomic E-state index is 12.4. The van der Waals surface area contributed by atoms with Gasteiger partial charge in [-0.2, -0.15) is 0 Å². The van der Waals surface area contributed by atoms with Crippen LogP contribution in [-0.4, -0.2) is 32.0 Å². The van der Waals surface area contributed by atoms with E-state index in [0.717, 1.165) is 18.7 Å². The molecule has 4 nitrogen and oxygen atoms in total. The first-order valence-electron chi connectivity index (χ1n) is 9.36. The van der Waals surface area contributed by atoms with E-state index < -0.39 is 8.32 Å². The molecule has 1 aliphatic heterocycles. The summed E-state index contributed by atoms with van der Waals surface area (Å²) in [4.78, 5) is 14.1. The molecule has 140 valence electrons. The van der Waals surface area contributed by atoms with Crippen molar-refractivity contribution in [1.82, 2.24) is 4.90 Å². The molecule has 0 aromatic rings. The summed E-state index contributed by atoms with van der Waals surface area (Å²) < 4.78 is 11.9. The van der Waals surface area contributed by atoms with Crippen LogP contribution >= 0.6 is 0 Å². The Morgan fingerprint density at radius 2 is 2.00 bits per heavy atom. The van der Waals surface area contributed by atoms with Crippen molar-refractivity contribution in [3.8, 4) is 0 Å². The number of hydrogen-bond acceptors (Lipinski definition) is 3. The fraction of sp³-hybridized carbons (Fsp3) is 0.842. The second kappa shape index (κ2) is 8.41. The molecule has 1 saturated heterocycles. The number of carbonyl (C=O) groups excluding carboxylic acids is 1. The van der Waals surface area contributed by atoms with Gasteiger partial charge in [0.05, 0.1) is 6.04 Å². The highest BCUT2D eigenvalue weighted by Gasteiger charge is 2.44. The second-order valence-corrected chi connectivity index (χ2v) is 13.4. The normalized spacial score (nSPS) is 19.9. The Kier molecular flexibility index (Phi) is 7.38. The highest BCUT2D eigenvalue weighted by Crippen LogP contribution is 2.39. The molecule has 0 aromatic carbocycles. The number of ether oxygens (including phenoxy) is 1. The molecular weight excluding hydrogens is 318 g/mol. The molecule has 1 aliphatic rings. The fourth-order valence-corrected chi connectivity index (χ4v) is 3.41. The number of allylic oxidation sites excluding steroid dienone is 1. The lowest BCUT2D eigenvalue weighted by molar-refractivity contribution is 0.147. The van der Waals surface area contributed by atoms with E-state index in [0.29, 0.717) is 12.5 Å². The summed E-state index contributed by atoms with van der Waals surface area (Å²) in [5, 5.41) is 0.0897. The standard InChI is InChI=1S/C19H37NO3Si/c1-9-10-11-12-13-17(23-24(7,8)19(4,5)6)20-16(15(2)3)14-22-18(20)21/h13,15-16H,9-12,14H2,1-8H3/b17-13-. The summed E-state index contributed by atoms with van der Waals surface area (Å²) in [5.74, 6) is 1.05. The van der Waals surface area contributed by atoms with Gasteiger partial charge in [-0.3, -0.25) is 0 Å². The predicted octanol–water partition coefficient (Wildman–Crippen LogP) is 5.91. The predicted molar refractivity (Wildman–Crippen MR) is 102 cm³/mol. The average Bonchev–Trinajstić information content (AvgIpc) is 2.83. The zero-order valence-corrected chi connectivity index (χ0v) is 17.9. The molecule has 0 bridgehead atoms. The summed E-state index contributed by atoms with van der Waals surface area (Å²) >= 11 is 0. The second-order valence-electron chi connectivity index (χ2n) is 8.66. The topological polar surface area (TPSA) is 38.8 Å². The number of rotatable bonds is 8. The van der Waals surface area contributed by atoms with Crippen molar-refractivity contribution in [3.05, 3.63) is 12.0 Å². The third-order valence-corrected chi connectivity index (χ3v) is 9.54. The van der Waals surface area contributed by atoms with E-state index >= 15 is 0 Å². The third kappa shape index (κ3) is 5.26. The van der Waals surface area contributed by atoms with Gasteiger partial charge >= 0.3 is 6.09 Å². The van der Waals surface area contributed by atoms with Crippen molar-refractivity contribution in [2.45, 2.75) is 91.4 Å². The van der Waals surface area contributed by atoms with Gasteiger partial charge in [0.2, 0.25) is 0 Å². The quantitative estimate of drug-likeness (QED) is 0.309. The van der Waals surface area contributed by atoms with Gasteiger partial charge in [-0.15, -0.1) is 0 Å². The van der Waals surface area contributed by atoms with Gasteiger partial charge in [-0.1, -0.05) is 54.4 Å². The minimum absolute atomic E-state index is 0.0553. The van der Waals surface area contributed by atoms with E-state index in [1.165, 1.54) is 12.8 Å². The number of hydrogen-bond donors (Lipinski definition) is 0. The SMILES string of the molecule is CCCCC/C=C(\O[Si](C)(C)C(C)(C)C)N1C(=O)OCC1C(C)C. The Hall–Kier alpha value is -0.973. The molecule has 5 heteroatoms. The minimum Gasteiger partial charge on any atom is -0.532 e. The summed E-state index contributed by atoms with van der Waals surface area (Å²) in [6, 6.07) is 0.0553. The van der Waals surface area contributed by atoms with Crippen LogP contribution in [0.1, 0.15) is 67.2 Å². The molecule has 0 N–H and O–H groups in total. The summed E-state index contributed by atoms with van der Waals surface area (Å²) in [7, 11) is -2.02. The Labute approximate surface area is 149 Å². The Balaban J connectivity index is 3.07. The van der Waals surface area contributed by atoms with E-state index in [-0.39, 0.29) is 17.2 Å². The van der Waals surface area contributed by atoms with Crippen LogP contribution in [0, 0.1) is 5.92 Å². The van der Waals surface area contributed by atoms with Crippen LogP contribution in [0.15, 0.2) is 12.0 Å².